The number of hydrogen-bond donors (Lipinski definition) is 2. The summed E-state index contributed by atoms with van der Waals surface area (Å²) in [5.74, 6) is 0. The van der Waals surface area contributed by atoms with Crippen molar-refractivity contribution in [2.45, 2.75) is 88.4 Å². The van der Waals surface area contributed by atoms with Gasteiger partial charge in [0, 0.05) is 37.3 Å². The topological polar surface area (TPSA) is 73.4 Å². The number of fused-ring (bicyclic) bond motifs is 2. The van der Waals surface area contributed by atoms with Crippen LogP contribution in [0, 0.1) is 0 Å². The Morgan fingerprint density at radius 2 is 1.70 bits per heavy atom. The van der Waals surface area contributed by atoms with Crippen molar-refractivity contribution in [3.05, 3.63) is 0 Å². The Kier molecular flexibility index (Phi) is 4.94. The maximum absolute atomic E-state index is 12.1. The molecule has 0 radical (unpaired) electrons. The number of amides is 2. The van der Waals surface area contributed by atoms with Gasteiger partial charge in [0.2, 0.25) is 10.3 Å². The summed E-state index contributed by atoms with van der Waals surface area (Å²) in [5, 5.41) is 16.1. The summed E-state index contributed by atoms with van der Waals surface area (Å²) >= 11 is 1.51. The Hall–Kier alpha value is -1.41. The molecule has 3 heterocycles. The molecule has 4 aliphatic rings. The average molecular weight is 391 g/mol. The molecule has 148 valence electrons. The smallest absolute Gasteiger partial charge is 0.321 e. The first-order valence-corrected chi connectivity index (χ1v) is 11.5. The molecule has 0 spiro atoms. The van der Waals surface area contributed by atoms with Gasteiger partial charge >= 0.3 is 6.03 Å². The molecule has 2 amide bonds. The highest BCUT2D eigenvalue weighted by atomic mass is 32.1. The molecule has 8 heteroatoms. The molecule has 0 unspecified atom stereocenters. The zero-order valence-corrected chi connectivity index (χ0v) is 16.7. The summed E-state index contributed by atoms with van der Waals surface area (Å²) in [5.41, 5.74) is 0. The van der Waals surface area contributed by atoms with E-state index in [0.717, 1.165) is 30.6 Å². The first kappa shape index (κ1) is 17.7. The van der Waals surface area contributed by atoms with E-state index in [2.05, 4.69) is 30.6 Å². The van der Waals surface area contributed by atoms with E-state index in [0.29, 0.717) is 23.3 Å². The number of piperazine rings is 1. The third-order valence-corrected chi connectivity index (χ3v) is 7.77. The largest absolute Gasteiger partial charge is 0.341 e. The lowest BCUT2D eigenvalue weighted by atomic mass is 9.93. The molecule has 2 atom stereocenters. The van der Waals surface area contributed by atoms with Crippen LogP contribution < -0.4 is 15.5 Å². The summed E-state index contributed by atoms with van der Waals surface area (Å²) in [6.07, 6.45) is 12.8. The Morgan fingerprint density at radius 3 is 2.44 bits per heavy atom. The van der Waals surface area contributed by atoms with Crippen molar-refractivity contribution >= 4 is 27.6 Å². The minimum Gasteiger partial charge on any atom is -0.341 e. The van der Waals surface area contributed by atoms with E-state index >= 15 is 0 Å². The summed E-state index contributed by atoms with van der Waals surface area (Å²) < 4.78 is 0. The van der Waals surface area contributed by atoms with Crippen molar-refractivity contribution in [3.63, 3.8) is 0 Å². The molecule has 4 fully saturated rings. The number of anilines is 2. The maximum Gasteiger partial charge on any atom is 0.321 e. The fourth-order valence-corrected chi connectivity index (χ4v) is 6.38. The quantitative estimate of drug-likeness (QED) is 0.826. The summed E-state index contributed by atoms with van der Waals surface area (Å²) in [7, 11) is 0. The van der Waals surface area contributed by atoms with E-state index in [4.69, 9.17) is 0 Å². The SMILES string of the molecule is O=C(Nc1nnc(N2C[C@H]3C[C@@H]2CN3C2CCCCC2)s1)NC1CCCC1. The Bertz CT molecular complexity index is 669. The van der Waals surface area contributed by atoms with E-state index in [-0.39, 0.29) is 6.03 Å². The van der Waals surface area contributed by atoms with Crippen LogP contribution in [0.4, 0.5) is 15.1 Å². The molecule has 2 N–H and O–H groups in total. The number of nitrogens with one attached hydrogen (secondary N) is 2. The van der Waals surface area contributed by atoms with Crippen molar-refractivity contribution in [1.29, 1.82) is 0 Å². The molecule has 7 nitrogen and oxygen atoms in total. The van der Waals surface area contributed by atoms with Gasteiger partial charge in [0.15, 0.2) is 0 Å². The number of urea groups is 1. The predicted octanol–water partition coefficient (Wildman–Crippen LogP) is 3.20. The molecule has 1 aromatic heterocycles. The fraction of sp³-hybridized carbons (Fsp3) is 0.842. The number of rotatable bonds is 4. The highest BCUT2D eigenvalue weighted by Gasteiger charge is 2.46. The lowest BCUT2D eigenvalue weighted by Crippen LogP contribution is -2.50. The van der Waals surface area contributed by atoms with E-state index in [9.17, 15) is 4.79 Å². The van der Waals surface area contributed by atoms with Gasteiger partial charge in [-0.1, -0.05) is 43.4 Å². The minimum absolute atomic E-state index is 0.143. The molecule has 2 aliphatic carbocycles. The van der Waals surface area contributed by atoms with Gasteiger partial charge in [-0.3, -0.25) is 10.2 Å². The van der Waals surface area contributed by atoms with Crippen molar-refractivity contribution in [1.82, 2.24) is 20.4 Å². The first-order chi connectivity index (χ1) is 13.3. The summed E-state index contributed by atoms with van der Waals surface area (Å²) in [6.45, 7) is 2.23. The number of likely N-dealkylation sites (tertiary alicyclic amines) is 1. The number of carbonyl (C=O) groups is 1. The second-order valence-corrected chi connectivity index (χ2v) is 9.61. The molecule has 2 aliphatic heterocycles. The standard InChI is InChI=1S/C19H30N6OS/c26-17(20-13-6-4-5-7-13)21-18-22-23-19(27-18)25-12-15-10-16(25)11-24(15)14-8-2-1-3-9-14/h13-16H,1-12H2,(H2,20,21,22,26)/t15-,16-/m1/s1. The lowest BCUT2D eigenvalue weighted by Gasteiger charge is -2.40. The van der Waals surface area contributed by atoms with E-state index in [1.54, 1.807) is 0 Å². The highest BCUT2D eigenvalue weighted by Crippen LogP contribution is 2.39. The Morgan fingerprint density at radius 1 is 0.926 bits per heavy atom. The van der Waals surface area contributed by atoms with Crippen molar-refractivity contribution in [3.8, 4) is 0 Å². The summed E-state index contributed by atoms with van der Waals surface area (Å²) in [4.78, 5) is 17.3. The normalized spacial score (nSPS) is 29.6. The molecule has 1 aromatic rings. The molecular formula is C19H30N6OS. The zero-order chi connectivity index (χ0) is 18.2. The van der Waals surface area contributed by atoms with Gasteiger partial charge in [-0.05, 0) is 32.1 Å². The minimum atomic E-state index is -0.143. The lowest BCUT2D eigenvalue weighted by molar-refractivity contribution is 0.133. The average Bonchev–Trinajstić information content (AvgIpc) is 3.46. The van der Waals surface area contributed by atoms with Crippen LogP contribution >= 0.6 is 11.3 Å². The van der Waals surface area contributed by atoms with Crippen LogP contribution in [0.2, 0.25) is 0 Å². The molecular weight excluding hydrogens is 360 g/mol. The number of carbonyl (C=O) groups excluding carboxylic acids is 1. The molecule has 2 saturated carbocycles. The van der Waals surface area contributed by atoms with Crippen LogP contribution in [0.1, 0.15) is 64.2 Å². The highest BCUT2D eigenvalue weighted by molar-refractivity contribution is 7.19. The number of aromatic nitrogens is 2. The second-order valence-electron chi connectivity index (χ2n) is 8.65. The molecule has 5 rings (SSSR count). The molecule has 27 heavy (non-hydrogen) atoms. The van der Waals surface area contributed by atoms with E-state index < -0.39 is 0 Å². The van der Waals surface area contributed by atoms with Crippen molar-refractivity contribution in [2.24, 2.45) is 0 Å². The van der Waals surface area contributed by atoms with Crippen LogP contribution in [0.15, 0.2) is 0 Å². The number of nitrogens with zero attached hydrogens (tertiary/aromatic N) is 4. The second kappa shape index (κ2) is 7.54. The monoisotopic (exact) mass is 390 g/mol. The maximum atomic E-state index is 12.1. The third kappa shape index (κ3) is 3.66. The fourth-order valence-electron chi connectivity index (χ4n) is 5.56. The van der Waals surface area contributed by atoms with E-state index in [1.165, 1.54) is 69.2 Å². The van der Waals surface area contributed by atoms with Crippen LogP contribution in [0.5, 0.6) is 0 Å². The Balaban J connectivity index is 1.16. The van der Waals surface area contributed by atoms with Crippen molar-refractivity contribution < 1.29 is 4.79 Å². The zero-order valence-electron chi connectivity index (χ0n) is 15.9. The van der Waals surface area contributed by atoms with Gasteiger partial charge in [-0.25, -0.2) is 4.79 Å². The van der Waals surface area contributed by atoms with Gasteiger partial charge in [-0.15, -0.1) is 10.2 Å². The van der Waals surface area contributed by atoms with Crippen molar-refractivity contribution in [2.75, 3.05) is 23.3 Å². The number of hydrogen-bond acceptors (Lipinski definition) is 6. The van der Waals surface area contributed by atoms with Crippen LogP contribution in [0.3, 0.4) is 0 Å². The third-order valence-electron chi connectivity index (χ3n) is 6.90. The van der Waals surface area contributed by atoms with E-state index in [1.807, 2.05) is 0 Å². The molecule has 2 saturated heterocycles. The van der Waals surface area contributed by atoms with Gasteiger partial charge in [0.25, 0.3) is 0 Å². The first-order valence-electron chi connectivity index (χ1n) is 10.7. The predicted molar refractivity (Wildman–Crippen MR) is 107 cm³/mol. The van der Waals surface area contributed by atoms with Crippen LogP contribution in [-0.4, -0.2) is 58.4 Å². The van der Waals surface area contributed by atoms with Crippen LogP contribution in [-0.2, 0) is 0 Å². The van der Waals surface area contributed by atoms with Crippen LogP contribution in [0.25, 0.3) is 0 Å². The Labute approximate surface area is 164 Å². The molecule has 2 bridgehead atoms. The molecule has 0 aromatic carbocycles. The van der Waals surface area contributed by atoms with Gasteiger partial charge in [-0.2, -0.15) is 0 Å². The van der Waals surface area contributed by atoms with Gasteiger partial charge in [0.1, 0.15) is 0 Å². The van der Waals surface area contributed by atoms with Gasteiger partial charge in [0.05, 0.1) is 0 Å². The summed E-state index contributed by atoms with van der Waals surface area (Å²) in [6, 6.07) is 2.21. The van der Waals surface area contributed by atoms with Gasteiger partial charge < -0.3 is 10.2 Å².